The van der Waals surface area contributed by atoms with Crippen molar-refractivity contribution in [3.05, 3.63) is 82.1 Å². The van der Waals surface area contributed by atoms with E-state index in [1.54, 1.807) is 35.5 Å². The van der Waals surface area contributed by atoms with E-state index in [0.717, 1.165) is 11.1 Å². The molecule has 29 heavy (non-hydrogen) atoms. The standard InChI is InChI=1S/C23H16N2O4/c26-18-11-5-10-17-19(18)23(20(27)15-8-3-4-9-16(15)21(23)28)29-22-14-7-2-1-6-13(14)12-24-25(17)22/h1-4,6-9,12,22H,5,10-11H2. The Balaban J connectivity index is 1.64. The highest BCUT2D eigenvalue weighted by Gasteiger charge is 2.64. The Labute approximate surface area is 166 Å². The highest BCUT2D eigenvalue weighted by Crippen LogP contribution is 2.51. The Hall–Kier alpha value is -3.38. The molecule has 2 aromatic rings. The van der Waals surface area contributed by atoms with Gasteiger partial charge in [0.1, 0.15) is 0 Å². The smallest absolute Gasteiger partial charge is 0.226 e. The minimum Gasteiger partial charge on any atom is -0.324 e. The number of hydrazone groups is 1. The average Bonchev–Trinajstić information content (AvgIpc) is 2.96. The molecular weight excluding hydrogens is 368 g/mol. The van der Waals surface area contributed by atoms with Crippen LogP contribution in [-0.2, 0) is 9.53 Å². The lowest BCUT2D eigenvalue weighted by Crippen LogP contribution is -2.56. The Morgan fingerprint density at radius 3 is 2.38 bits per heavy atom. The van der Waals surface area contributed by atoms with Gasteiger partial charge in [-0.2, -0.15) is 5.10 Å². The van der Waals surface area contributed by atoms with E-state index in [9.17, 15) is 14.4 Å². The third-order valence-corrected chi connectivity index (χ3v) is 6.16. The number of Topliss-reactive ketones (excluding diaryl/α,β-unsaturated/α-hetero) is 3. The molecule has 2 aliphatic heterocycles. The van der Waals surface area contributed by atoms with Gasteiger partial charge in [0.25, 0.3) is 0 Å². The Bertz CT molecular complexity index is 1160. The summed E-state index contributed by atoms with van der Waals surface area (Å²) in [5, 5.41) is 6.19. The van der Waals surface area contributed by atoms with Gasteiger partial charge in [-0.05, 0) is 12.8 Å². The van der Waals surface area contributed by atoms with Gasteiger partial charge in [0.05, 0.1) is 17.5 Å². The van der Waals surface area contributed by atoms with Crippen LogP contribution in [0.1, 0.15) is 57.3 Å². The quantitative estimate of drug-likeness (QED) is 0.652. The second-order valence-electron chi connectivity index (χ2n) is 7.67. The van der Waals surface area contributed by atoms with Crippen molar-refractivity contribution in [3.63, 3.8) is 0 Å². The largest absolute Gasteiger partial charge is 0.324 e. The molecule has 0 radical (unpaired) electrons. The first kappa shape index (κ1) is 16.6. The zero-order valence-corrected chi connectivity index (χ0v) is 15.4. The van der Waals surface area contributed by atoms with Crippen LogP contribution in [0.5, 0.6) is 0 Å². The van der Waals surface area contributed by atoms with E-state index in [2.05, 4.69) is 5.10 Å². The lowest BCUT2D eigenvalue weighted by atomic mass is 9.77. The van der Waals surface area contributed by atoms with Gasteiger partial charge in [-0.25, -0.2) is 5.01 Å². The van der Waals surface area contributed by atoms with Gasteiger partial charge in [0, 0.05) is 28.7 Å². The number of nitrogens with zero attached hydrogens (tertiary/aromatic N) is 2. The molecule has 4 aliphatic rings. The van der Waals surface area contributed by atoms with Crippen LogP contribution in [0.25, 0.3) is 0 Å². The van der Waals surface area contributed by atoms with Gasteiger partial charge in [-0.15, -0.1) is 0 Å². The first-order valence-electron chi connectivity index (χ1n) is 9.68. The number of benzene rings is 2. The minimum absolute atomic E-state index is 0.169. The molecule has 0 amide bonds. The molecule has 1 atom stereocenters. The molecule has 6 nitrogen and oxygen atoms in total. The number of rotatable bonds is 0. The van der Waals surface area contributed by atoms with E-state index in [4.69, 9.17) is 4.74 Å². The van der Waals surface area contributed by atoms with Crippen molar-refractivity contribution in [1.82, 2.24) is 5.01 Å². The molecule has 2 aliphatic carbocycles. The molecular formula is C23H16N2O4. The maximum absolute atomic E-state index is 13.6. The summed E-state index contributed by atoms with van der Waals surface area (Å²) in [7, 11) is 0. The Morgan fingerprint density at radius 1 is 0.931 bits per heavy atom. The van der Waals surface area contributed by atoms with Crippen molar-refractivity contribution in [1.29, 1.82) is 0 Å². The molecule has 0 fully saturated rings. The van der Waals surface area contributed by atoms with Gasteiger partial charge in [0.15, 0.2) is 12.0 Å². The fourth-order valence-electron chi connectivity index (χ4n) is 4.87. The number of hydrogen-bond donors (Lipinski definition) is 0. The number of carbonyl (C=O) groups excluding carboxylic acids is 3. The molecule has 6 rings (SSSR count). The van der Waals surface area contributed by atoms with Crippen LogP contribution in [0.3, 0.4) is 0 Å². The van der Waals surface area contributed by atoms with Gasteiger partial charge in [0.2, 0.25) is 17.2 Å². The monoisotopic (exact) mass is 384 g/mol. The van der Waals surface area contributed by atoms with Crippen LogP contribution in [0.2, 0.25) is 0 Å². The van der Waals surface area contributed by atoms with Crippen molar-refractivity contribution in [2.24, 2.45) is 5.10 Å². The normalized spacial score (nSPS) is 23.8. The van der Waals surface area contributed by atoms with E-state index in [-0.39, 0.29) is 11.4 Å². The molecule has 2 aromatic carbocycles. The number of carbonyl (C=O) groups is 3. The Morgan fingerprint density at radius 2 is 1.62 bits per heavy atom. The molecule has 0 bridgehead atoms. The summed E-state index contributed by atoms with van der Waals surface area (Å²) in [5.41, 5.74) is 1.18. The molecule has 142 valence electrons. The maximum atomic E-state index is 13.6. The first-order valence-corrected chi connectivity index (χ1v) is 9.68. The van der Waals surface area contributed by atoms with Crippen molar-refractivity contribution in [2.45, 2.75) is 31.1 Å². The van der Waals surface area contributed by atoms with Crippen molar-refractivity contribution in [2.75, 3.05) is 0 Å². The summed E-state index contributed by atoms with van der Waals surface area (Å²) in [4.78, 5) is 40.2. The summed E-state index contributed by atoms with van der Waals surface area (Å²) in [6.45, 7) is 0. The zero-order chi connectivity index (χ0) is 19.8. The van der Waals surface area contributed by atoms with Crippen molar-refractivity contribution >= 4 is 23.6 Å². The third-order valence-electron chi connectivity index (χ3n) is 6.16. The van der Waals surface area contributed by atoms with Gasteiger partial charge in [-0.1, -0.05) is 48.5 Å². The Kier molecular flexibility index (Phi) is 3.19. The molecule has 0 saturated heterocycles. The summed E-state index contributed by atoms with van der Waals surface area (Å²) in [5.74, 6) is -1.12. The van der Waals surface area contributed by atoms with E-state index < -0.39 is 23.4 Å². The highest BCUT2D eigenvalue weighted by molar-refractivity contribution is 6.37. The average molecular weight is 384 g/mol. The number of allylic oxidation sites excluding steroid dienone is 1. The van der Waals surface area contributed by atoms with Crippen molar-refractivity contribution in [3.8, 4) is 0 Å². The van der Waals surface area contributed by atoms with Crippen LogP contribution in [0.15, 0.2) is 64.9 Å². The van der Waals surface area contributed by atoms with Gasteiger partial charge < -0.3 is 4.74 Å². The van der Waals surface area contributed by atoms with E-state index >= 15 is 0 Å². The molecule has 1 unspecified atom stereocenters. The molecule has 1 spiro atoms. The lowest BCUT2D eigenvalue weighted by Gasteiger charge is -2.46. The maximum Gasteiger partial charge on any atom is 0.226 e. The lowest BCUT2D eigenvalue weighted by molar-refractivity contribution is -0.135. The number of ketones is 3. The van der Waals surface area contributed by atoms with Crippen LogP contribution in [0, 0.1) is 0 Å². The van der Waals surface area contributed by atoms with Gasteiger partial charge in [-0.3, -0.25) is 14.4 Å². The second-order valence-corrected chi connectivity index (χ2v) is 7.67. The predicted molar refractivity (Wildman–Crippen MR) is 103 cm³/mol. The van der Waals surface area contributed by atoms with E-state index in [0.29, 0.717) is 36.1 Å². The molecule has 0 aromatic heterocycles. The summed E-state index contributed by atoms with van der Waals surface area (Å²) < 4.78 is 6.35. The second kappa shape index (κ2) is 5.58. The SMILES string of the molecule is O=C1CCCC2=C1C1(OC3c4ccccc4C=NN23)C(=O)c2ccccc2C1=O. The number of ether oxygens (including phenoxy) is 1. The molecule has 0 N–H and O–H groups in total. The van der Waals surface area contributed by atoms with Gasteiger partial charge >= 0.3 is 0 Å². The van der Waals surface area contributed by atoms with Crippen molar-refractivity contribution < 1.29 is 19.1 Å². The van der Waals surface area contributed by atoms with E-state index in [1.807, 2.05) is 24.3 Å². The molecule has 6 heteroatoms. The fraction of sp³-hybridized carbons (Fsp3) is 0.217. The van der Waals surface area contributed by atoms with Crippen LogP contribution in [-0.4, -0.2) is 34.2 Å². The molecule has 2 heterocycles. The molecule has 0 saturated carbocycles. The number of hydrogen-bond acceptors (Lipinski definition) is 6. The van der Waals surface area contributed by atoms with E-state index in [1.165, 1.54) is 0 Å². The highest BCUT2D eigenvalue weighted by atomic mass is 16.5. The minimum atomic E-state index is -1.92. The predicted octanol–water partition coefficient (Wildman–Crippen LogP) is 3.19. The summed E-state index contributed by atoms with van der Waals surface area (Å²) >= 11 is 0. The number of fused-ring (bicyclic) bond motifs is 6. The topological polar surface area (TPSA) is 76.0 Å². The first-order chi connectivity index (χ1) is 14.1. The van der Waals surface area contributed by atoms with Crippen LogP contribution < -0.4 is 0 Å². The zero-order valence-electron chi connectivity index (χ0n) is 15.4. The fourth-order valence-corrected chi connectivity index (χ4v) is 4.87. The van der Waals surface area contributed by atoms with Crippen LogP contribution in [0.4, 0.5) is 0 Å². The third kappa shape index (κ3) is 1.94. The summed E-state index contributed by atoms with van der Waals surface area (Å²) in [6, 6.07) is 14.3. The summed E-state index contributed by atoms with van der Waals surface area (Å²) in [6.07, 6.45) is 2.51. The van der Waals surface area contributed by atoms with Crippen LogP contribution >= 0.6 is 0 Å².